The molecule has 3 amide bonds. The van der Waals surface area contributed by atoms with Crippen molar-refractivity contribution in [3.05, 3.63) is 54.6 Å². The summed E-state index contributed by atoms with van der Waals surface area (Å²) in [5.74, 6) is -1.36. The number of sulfone groups is 1. The molecule has 2 aromatic carbocycles. The fourth-order valence-corrected chi connectivity index (χ4v) is 2.90. The highest BCUT2D eigenvalue weighted by molar-refractivity contribution is 7.92. The third kappa shape index (κ3) is 4.09. The predicted molar refractivity (Wildman–Crippen MR) is 87.9 cm³/mol. The molecule has 0 heterocycles. The normalized spacial score (nSPS) is 12.2. The number of nitrogens with two attached hydrogens (primary N) is 1. The molecule has 1 unspecified atom stereocenters. The lowest BCUT2D eigenvalue weighted by Gasteiger charge is -2.10. The fraction of sp³-hybridized carbons (Fsp3) is 0.0667. The third-order valence-electron chi connectivity index (χ3n) is 3.01. The van der Waals surface area contributed by atoms with Gasteiger partial charge in [-0.1, -0.05) is 18.2 Å². The van der Waals surface area contributed by atoms with Crippen molar-refractivity contribution in [3.63, 3.8) is 0 Å². The number of carbonyl (C=O) groups is 2. The minimum Gasteiger partial charge on any atom is -0.369 e. The standard InChI is InChI=1S/C15H15N3O5S/c16-13(19)14(20)24(22,23)12-8-6-11(7-9-12)18-15(21)17-10-4-2-1-3-5-10/h1-9,14,20H,(H2,16,19)(H2,17,18,21). The zero-order valence-electron chi connectivity index (χ0n) is 12.3. The Balaban J connectivity index is 2.07. The molecule has 0 aliphatic heterocycles. The van der Waals surface area contributed by atoms with Crippen molar-refractivity contribution in [1.29, 1.82) is 0 Å². The number of hydrogen-bond acceptors (Lipinski definition) is 5. The Hall–Kier alpha value is -2.91. The van der Waals surface area contributed by atoms with Crippen molar-refractivity contribution in [3.8, 4) is 0 Å². The van der Waals surface area contributed by atoms with Crippen molar-refractivity contribution in [2.24, 2.45) is 5.73 Å². The van der Waals surface area contributed by atoms with Crippen LogP contribution in [0.25, 0.3) is 0 Å². The van der Waals surface area contributed by atoms with Crippen LogP contribution in [0.3, 0.4) is 0 Å². The van der Waals surface area contributed by atoms with Crippen molar-refractivity contribution in [2.75, 3.05) is 10.6 Å². The van der Waals surface area contributed by atoms with Crippen LogP contribution in [0.5, 0.6) is 0 Å². The summed E-state index contributed by atoms with van der Waals surface area (Å²) in [5, 5.41) is 14.5. The van der Waals surface area contributed by atoms with E-state index >= 15 is 0 Å². The summed E-state index contributed by atoms with van der Waals surface area (Å²) in [7, 11) is -4.28. The lowest BCUT2D eigenvalue weighted by Crippen LogP contribution is -2.35. The van der Waals surface area contributed by atoms with E-state index in [2.05, 4.69) is 10.6 Å². The van der Waals surface area contributed by atoms with Gasteiger partial charge in [-0.3, -0.25) is 4.79 Å². The van der Waals surface area contributed by atoms with Gasteiger partial charge in [-0.05, 0) is 36.4 Å². The highest BCUT2D eigenvalue weighted by atomic mass is 32.2. The minimum absolute atomic E-state index is 0.289. The van der Waals surface area contributed by atoms with Crippen LogP contribution >= 0.6 is 0 Å². The molecule has 24 heavy (non-hydrogen) atoms. The number of urea groups is 1. The zero-order valence-corrected chi connectivity index (χ0v) is 13.2. The van der Waals surface area contributed by atoms with Crippen LogP contribution in [0.15, 0.2) is 59.5 Å². The van der Waals surface area contributed by atoms with E-state index in [0.717, 1.165) is 12.1 Å². The van der Waals surface area contributed by atoms with E-state index in [-0.39, 0.29) is 4.90 Å². The molecule has 1 atom stereocenters. The van der Waals surface area contributed by atoms with E-state index in [1.807, 2.05) is 6.07 Å². The molecule has 2 rings (SSSR count). The molecule has 0 bridgehead atoms. The van der Waals surface area contributed by atoms with Crippen LogP contribution < -0.4 is 16.4 Å². The summed E-state index contributed by atoms with van der Waals surface area (Å²) in [6.45, 7) is 0. The number of aliphatic hydroxyl groups is 1. The first-order valence-electron chi connectivity index (χ1n) is 6.75. The van der Waals surface area contributed by atoms with Gasteiger partial charge < -0.3 is 21.5 Å². The number of hydrogen-bond donors (Lipinski definition) is 4. The van der Waals surface area contributed by atoms with Crippen molar-refractivity contribution in [1.82, 2.24) is 0 Å². The molecule has 0 aliphatic carbocycles. The van der Waals surface area contributed by atoms with E-state index in [9.17, 15) is 23.1 Å². The average Bonchev–Trinajstić information content (AvgIpc) is 2.55. The molecule has 8 nitrogen and oxygen atoms in total. The number of aliphatic hydroxyl groups excluding tert-OH is 1. The molecule has 0 radical (unpaired) electrons. The van der Waals surface area contributed by atoms with Gasteiger partial charge >= 0.3 is 6.03 Å². The molecule has 0 fully saturated rings. The second-order valence-electron chi connectivity index (χ2n) is 4.77. The van der Waals surface area contributed by atoms with Gasteiger partial charge in [0.15, 0.2) is 0 Å². The van der Waals surface area contributed by atoms with Gasteiger partial charge in [0.25, 0.3) is 5.91 Å². The van der Waals surface area contributed by atoms with Gasteiger partial charge in [-0.15, -0.1) is 0 Å². The lowest BCUT2D eigenvalue weighted by molar-refractivity contribution is -0.122. The quantitative estimate of drug-likeness (QED) is 0.635. The van der Waals surface area contributed by atoms with Gasteiger partial charge in [-0.2, -0.15) is 0 Å². The summed E-state index contributed by atoms with van der Waals surface area (Å²) < 4.78 is 23.8. The Morgan fingerprint density at radius 3 is 1.92 bits per heavy atom. The Morgan fingerprint density at radius 2 is 1.42 bits per heavy atom. The maximum atomic E-state index is 11.9. The first-order valence-corrected chi connectivity index (χ1v) is 8.30. The highest BCUT2D eigenvalue weighted by Crippen LogP contribution is 2.18. The van der Waals surface area contributed by atoms with Crippen LogP contribution in [0.4, 0.5) is 16.2 Å². The largest absolute Gasteiger partial charge is 0.369 e. The summed E-state index contributed by atoms with van der Waals surface area (Å²) in [6.07, 6.45) is 0. The first-order chi connectivity index (χ1) is 11.3. The molecule has 0 saturated heterocycles. The Kier molecular flexibility index (Phi) is 5.17. The van der Waals surface area contributed by atoms with Crippen molar-refractivity contribution < 1.29 is 23.1 Å². The maximum Gasteiger partial charge on any atom is 0.323 e. The number of rotatable bonds is 5. The number of nitrogens with one attached hydrogen (secondary N) is 2. The Morgan fingerprint density at radius 1 is 0.917 bits per heavy atom. The molecule has 5 N–H and O–H groups in total. The number of carbonyl (C=O) groups excluding carboxylic acids is 2. The Labute approximate surface area is 138 Å². The second-order valence-corrected chi connectivity index (χ2v) is 6.78. The van der Waals surface area contributed by atoms with Crippen LogP contribution in [-0.4, -0.2) is 30.9 Å². The van der Waals surface area contributed by atoms with Gasteiger partial charge in [0.1, 0.15) is 0 Å². The SMILES string of the molecule is NC(=O)C(O)S(=O)(=O)c1ccc(NC(=O)Nc2ccccc2)cc1. The average molecular weight is 349 g/mol. The van der Waals surface area contributed by atoms with Gasteiger partial charge in [0, 0.05) is 11.4 Å². The maximum absolute atomic E-state index is 11.9. The number of primary amides is 1. The second kappa shape index (κ2) is 7.11. The minimum atomic E-state index is -4.28. The molecule has 0 spiro atoms. The molecule has 0 saturated carbocycles. The predicted octanol–water partition coefficient (Wildman–Crippen LogP) is 0.908. The monoisotopic (exact) mass is 349 g/mol. The van der Waals surface area contributed by atoms with Crippen LogP contribution in [0, 0.1) is 0 Å². The molecule has 0 aliphatic rings. The van der Waals surface area contributed by atoms with Gasteiger partial charge in [0.2, 0.25) is 15.3 Å². The Bertz CT molecular complexity index is 835. The first kappa shape index (κ1) is 17.4. The zero-order chi connectivity index (χ0) is 17.7. The van der Waals surface area contributed by atoms with Gasteiger partial charge in [-0.25, -0.2) is 13.2 Å². The molecule has 9 heteroatoms. The summed E-state index contributed by atoms with van der Waals surface area (Å²) in [6, 6.07) is 13.2. The summed E-state index contributed by atoms with van der Waals surface area (Å²) in [4.78, 5) is 22.4. The molecule has 0 aromatic heterocycles. The fourth-order valence-electron chi connectivity index (χ4n) is 1.82. The van der Waals surface area contributed by atoms with Crippen molar-refractivity contribution in [2.45, 2.75) is 10.3 Å². The topological polar surface area (TPSA) is 139 Å². The third-order valence-corrected chi connectivity index (χ3v) is 4.76. The van der Waals surface area contributed by atoms with Gasteiger partial charge in [0.05, 0.1) is 4.90 Å². The van der Waals surface area contributed by atoms with E-state index < -0.39 is 27.2 Å². The molecule has 2 aromatic rings. The van der Waals surface area contributed by atoms with E-state index in [1.54, 1.807) is 24.3 Å². The molecular formula is C15H15N3O5S. The number of benzene rings is 2. The van der Waals surface area contributed by atoms with E-state index in [4.69, 9.17) is 5.73 Å². The molecule has 126 valence electrons. The van der Waals surface area contributed by atoms with Crippen LogP contribution in [0.1, 0.15) is 0 Å². The summed E-state index contributed by atoms with van der Waals surface area (Å²) >= 11 is 0. The summed E-state index contributed by atoms with van der Waals surface area (Å²) in [5.41, 5.74) is 3.40. The van der Waals surface area contributed by atoms with Crippen LogP contribution in [-0.2, 0) is 14.6 Å². The lowest BCUT2D eigenvalue weighted by atomic mass is 10.3. The van der Waals surface area contributed by atoms with E-state index in [0.29, 0.717) is 11.4 Å². The number of para-hydroxylation sites is 1. The highest BCUT2D eigenvalue weighted by Gasteiger charge is 2.30. The number of amides is 3. The molecular weight excluding hydrogens is 334 g/mol. The van der Waals surface area contributed by atoms with E-state index in [1.165, 1.54) is 12.1 Å². The number of anilines is 2. The van der Waals surface area contributed by atoms with Crippen molar-refractivity contribution >= 4 is 33.2 Å². The van der Waals surface area contributed by atoms with Crippen LogP contribution in [0.2, 0.25) is 0 Å². The smallest absolute Gasteiger partial charge is 0.323 e.